The van der Waals surface area contributed by atoms with Crippen LogP contribution in [0.5, 0.6) is 5.75 Å². The second-order valence-electron chi connectivity index (χ2n) is 8.70. The zero-order valence-electron chi connectivity index (χ0n) is 18.4. The lowest BCUT2D eigenvalue weighted by Gasteiger charge is -2.25. The molecule has 1 aliphatic heterocycles. The Morgan fingerprint density at radius 1 is 1.13 bits per heavy atom. The Morgan fingerprint density at radius 2 is 1.80 bits per heavy atom. The Labute approximate surface area is 180 Å². The largest absolute Gasteiger partial charge is 0.496 e. The molecule has 1 fully saturated rings. The number of hydroxylamine groups is 2. The zero-order valence-corrected chi connectivity index (χ0v) is 19.2. The Balaban J connectivity index is 1.72. The van der Waals surface area contributed by atoms with Gasteiger partial charge >= 0.3 is 0 Å². The molecule has 0 radical (unpaired) electrons. The van der Waals surface area contributed by atoms with Crippen LogP contribution in [0.25, 0.3) is 0 Å². The van der Waals surface area contributed by atoms with E-state index in [9.17, 15) is 8.42 Å². The van der Waals surface area contributed by atoms with Crippen LogP contribution >= 0.6 is 0 Å². The number of ether oxygens (including phenoxy) is 1. The maximum Gasteiger partial charge on any atom is 0.218 e. The fourth-order valence-electron chi connectivity index (χ4n) is 3.81. The summed E-state index contributed by atoms with van der Waals surface area (Å²) < 4.78 is 34.3. The minimum Gasteiger partial charge on any atom is -0.496 e. The number of methoxy groups -OCH3 is 1. The van der Waals surface area contributed by atoms with Crippen molar-refractivity contribution in [2.75, 3.05) is 27.3 Å². The molecule has 164 valence electrons. The van der Waals surface area contributed by atoms with Crippen LogP contribution in [0.2, 0.25) is 0 Å². The molecule has 2 aromatic carbocycles. The summed E-state index contributed by atoms with van der Waals surface area (Å²) in [6.07, 6.45) is 0.553. The van der Waals surface area contributed by atoms with Gasteiger partial charge in [0.1, 0.15) is 11.0 Å². The number of nitrogens with zero attached hydrogens (tertiary/aromatic N) is 1. The molecule has 0 saturated carbocycles. The van der Waals surface area contributed by atoms with Crippen molar-refractivity contribution in [2.45, 2.75) is 43.9 Å². The first-order chi connectivity index (χ1) is 14.1. The summed E-state index contributed by atoms with van der Waals surface area (Å²) in [5.41, 5.74) is 3.16. The highest BCUT2D eigenvalue weighted by atomic mass is 32.2. The van der Waals surface area contributed by atoms with Crippen LogP contribution in [0.4, 0.5) is 0 Å². The molecule has 2 aromatic rings. The first kappa shape index (κ1) is 22.7. The molecular formula is C23H32N2O4S. The quantitative estimate of drug-likeness (QED) is 0.726. The van der Waals surface area contributed by atoms with Crippen molar-refractivity contribution in [2.24, 2.45) is 0 Å². The maximum atomic E-state index is 13.1. The van der Waals surface area contributed by atoms with E-state index in [1.54, 1.807) is 19.2 Å². The van der Waals surface area contributed by atoms with Crippen molar-refractivity contribution < 1.29 is 18.0 Å². The van der Waals surface area contributed by atoms with Gasteiger partial charge in [-0.25, -0.2) is 13.1 Å². The lowest BCUT2D eigenvalue weighted by atomic mass is 9.86. The van der Waals surface area contributed by atoms with Gasteiger partial charge in [-0.1, -0.05) is 63.2 Å². The summed E-state index contributed by atoms with van der Waals surface area (Å²) in [5.74, 6) is 0.762. The molecule has 2 atom stereocenters. The topological polar surface area (TPSA) is 67.9 Å². The second kappa shape index (κ2) is 9.06. The van der Waals surface area contributed by atoms with E-state index in [0.717, 1.165) is 16.9 Å². The zero-order chi connectivity index (χ0) is 21.9. The van der Waals surface area contributed by atoms with E-state index in [1.165, 1.54) is 5.56 Å². The Kier molecular flexibility index (Phi) is 6.87. The second-order valence-corrected chi connectivity index (χ2v) is 10.7. The molecule has 1 N–H and O–H groups in total. The normalized spacial score (nSPS) is 20.4. The van der Waals surface area contributed by atoms with Gasteiger partial charge in [-0.3, -0.25) is 4.84 Å². The molecule has 7 heteroatoms. The average Bonchev–Trinajstić information content (AvgIpc) is 3.10. The van der Waals surface area contributed by atoms with Gasteiger partial charge in [0, 0.05) is 13.6 Å². The summed E-state index contributed by atoms with van der Waals surface area (Å²) in [6.45, 7) is 6.91. The lowest BCUT2D eigenvalue weighted by molar-refractivity contribution is -0.110. The van der Waals surface area contributed by atoms with Crippen LogP contribution in [-0.4, -0.2) is 46.0 Å². The van der Waals surface area contributed by atoms with E-state index >= 15 is 0 Å². The predicted octanol–water partition coefficient (Wildman–Crippen LogP) is 3.44. The number of benzene rings is 2. The predicted molar refractivity (Wildman–Crippen MR) is 119 cm³/mol. The number of hydrogen-bond acceptors (Lipinski definition) is 5. The molecule has 6 nitrogen and oxygen atoms in total. The van der Waals surface area contributed by atoms with Crippen LogP contribution in [0, 0.1) is 0 Å². The number of hydrogen-bond donors (Lipinski definition) is 1. The van der Waals surface area contributed by atoms with Crippen LogP contribution in [-0.2, 0) is 26.7 Å². The molecule has 2 unspecified atom stereocenters. The van der Waals surface area contributed by atoms with Crippen molar-refractivity contribution in [1.29, 1.82) is 0 Å². The Hall–Kier alpha value is -1.93. The van der Waals surface area contributed by atoms with Gasteiger partial charge in [-0.05, 0) is 34.6 Å². The smallest absolute Gasteiger partial charge is 0.218 e. The van der Waals surface area contributed by atoms with E-state index in [-0.39, 0.29) is 18.1 Å². The maximum absolute atomic E-state index is 13.1. The van der Waals surface area contributed by atoms with Crippen LogP contribution in [0.1, 0.15) is 43.5 Å². The molecule has 3 rings (SSSR count). The molecule has 0 spiro atoms. The van der Waals surface area contributed by atoms with E-state index in [0.29, 0.717) is 13.0 Å². The third-order valence-electron chi connectivity index (χ3n) is 5.59. The van der Waals surface area contributed by atoms with Crippen LogP contribution in [0.3, 0.4) is 0 Å². The first-order valence-corrected chi connectivity index (χ1v) is 11.7. The van der Waals surface area contributed by atoms with E-state index < -0.39 is 15.3 Å². The highest BCUT2D eigenvalue weighted by molar-refractivity contribution is 7.90. The van der Waals surface area contributed by atoms with Crippen molar-refractivity contribution in [3.63, 3.8) is 0 Å². The number of sulfonamides is 1. The first-order valence-electron chi connectivity index (χ1n) is 10.2. The fraction of sp³-hybridized carbons (Fsp3) is 0.478. The van der Waals surface area contributed by atoms with Gasteiger partial charge in [0.2, 0.25) is 10.0 Å². The molecule has 0 aliphatic carbocycles. The highest BCUT2D eigenvalue weighted by Crippen LogP contribution is 2.34. The molecule has 0 bridgehead atoms. The molecule has 30 heavy (non-hydrogen) atoms. The Morgan fingerprint density at radius 3 is 2.43 bits per heavy atom. The summed E-state index contributed by atoms with van der Waals surface area (Å²) in [6, 6.07) is 15.4. The minimum absolute atomic E-state index is 0.0438. The lowest BCUT2D eigenvalue weighted by Crippen LogP contribution is -2.40. The number of rotatable bonds is 7. The molecule has 1 aliphatic rings. The van der Waals surface area contributed by atoms with Crippen molar-refractivity contribution in [3.05, 3.63) is 65.2 Å². The van der Waals surface area contributed by atoms with Gasteiger partial charge in [-0.2, -0.15) is 5.06 Å². The van der Waals surface area contributed by atoms with Gasteiger partial charge in [0.05, 0.1) is 19.8 Å². The molecule has 1 saturated heterocycles. The van der Waals surface area contributed by atoms with Crippen LogP contribution in [0.15, 0.2) is 48.5 Å². The van der Waals surface area contributed by atoms with Crippen molar-refractivity contribution in [3.8, 4) is 5.75 Å². The monoisotopic (exact) mass is 432 g/mol. The van der Waals surface area contributed by atoms with Gasteiger partial charge < -0.3 is 4.74 Å². The molecule has 0 amide bonds. The highest BCUT2D eigenvalue weighted by Gasteiger charge is 2.43. The summed E-state index contributed by atoms with van der Waals surface area (Å²) in [4.78, 5) is 5.61. The summed E-state index contributed by atoms with van der Waals surface area (Å²) in [7, 11) is -0.176. The van der Waals surface area contributed by atoms with Gasteiger partial charge in [0.15, 0.2) is 0 Å². The van der Waals surface area contributed by atoms with E-state index in [1.807, 2.05) is 36.4 Å². The van der Waals surface area contributed by atoms with E-state index in [4.69, 9.17) is 9.57 Å². The summed E-state index contributed by atoms with van der Waals surface area (Å²) in [5, 5.41) is 0.969. The van der Waals surface area contributed by atoms with Crippen molar-refractivity contribution in [1.82, 2.24) is 9.79 Å². The average molecular weight is 433 g/mol. The van der Waals surface area contributed by atoms with Gasteiger partial charge in [0.25, 0.3) is 0 Å². The third-order valence-corrected chi connectivity index (χ3v) is 7.39. The van der Waals surface area contributed by atoms with E-state index in [2.05, 4.69) is 37.6 Å². The molecular weight excluding hydrogens is 400 g/mol. The SMILES string of the molecule is COc1ccccc1CCNS(=O)(=O)C1CON(C)C1c1ccc(C(C)(C)C)cc1. The Bertz CT molecular complexity index is 952. The van der Waals surface area contributed by atoms with Crippen LogP contribution < -0.4 is 9.46 Å². The third kappa shape index (κ3) is 5.03. The molecule has 0 aromatic heterocycles. The van der Waals surface area contributed by atoms with Gasteiger partial charge in [-0.15, -0.1) is 0 Å². The van der Waals surface area contributed by atoms with Crippen molar-refractivity contribution >= 4 is 10.0 Å². The molecule has 1 heterocycles. The fourth-order valence-corrected chi connectivity index (χ4v) is 5.31. The summed E-state index contributed by atoms with van der Waals surface area (Å²) >= 11 is 0. The standard InChI is InChI=1S/C23H32N2O4S/c1-23(2,3)19-12-10-18(11-13-19)22-21(16-29-25(22)4)30(26,27)24-15-14-17-8-6-7-9-20(17)28-5/h6-13,21-22,24H,14-16H2,1-5H3. The number of nitrogens with one attached hydrogen (secondary N) is 1. The number of para-hydroxylation sites is 1. The minimum atomic E-state index is -3.58.